The second kappa shape index (κ2) is 38.7. The molecule has 18 rings (SSSR count). The lowest BCUT2D eigenvalue weighted by molar-refractivity contribution is -0.384. The third kappa shape index (κ3) is 19.3. The molecule has 0 aromatic heterocycles. The van der Waals surface area contributed by atoms with Gasteiger partial charge >= 0.3 is 0 Å². The highest BCUT2D eigenvalue weighted by Gasteiger charge is 2.20. The summed E-state index contributed by atoms with van der Waals surface area (Å²) in [6.07, 6.45) is 0. The second-order valence-corrected chi connectivity index (χ2v) is 29.8. The van der Waals surface area contributed by atoms with Gasteiger partial charge in [0, 0.05) is 119 Å². The van der Waals surface area contributed by atoms with Crippen LogP contribution in [0.4, 0.5) is 91.0 Å². The molecular weight excluding hydrogens is 1520 g/mol. The normalized spacial score (nSPS) is 10.6. The van der Waals surface area contributed by atoms with Gasteiger partial charge in [0.15, 0.2) is 0 Å². The molecule has 0 N–H and O–H groups in total. The van der Waals surface area contributed by atoms with Crippen molar-refractivity contribution in [2.24, 2.45) is 0 Å². The lowest BCUT2D eigenvalue weighted by atomic mass is 10.0. The average Bonchev–Trinajstić information content (AvgIpc) is 0.823. The summed E-state index contributed by atoms with van der Waals surface area (Å²) in [6, 6.07) is 167. The first-order chi connectivity index (χ1) is 60.9. The van der Waals surface area contributed by atoms with Gasteiger partial charge in [-0.25, -0.2) is 0 Å². The predicted octanol–water partition coefficient (Wildman–Crippen LogP) is 30.4. The van der Waals surface area contributed by atoms with Gasteiger partial charge in [0.2, 0.25) is 0 Å². The molecule has 18 aromatic carbocycles. The minimum absolute atomic E-state index is 0.0763. The van der Waals surface area contributed by atoms with E-state index in [1.54, 1.807) is 12.1 Å². The number of hydrogen-bond acceptors (Lipinski definition) is 10. The molecule has 0 unspecified atom stereocenters. The number of anilines is 15. The van der Waals surface area contributed by atoms with Crippen LogP contribution in [0.2, 0.25) is 0 Å². The molecule has 0 radical (unpaired) electrons. The zero-order valence-corrected chi connectivity index (χ0v) is 68.9. The summed E-state index contributed by atoms with van der Waals surface area (Å²) in [4.78, 5) is 23.8. The zero-order chi connectivity index (χ0) is 84.9. The van der Waals surface area contributed by atoms with E-state index in [-0.39, 0.29) is 10.6 Å². The first-order valence-corrected chi connectivity index (χ1v) is 41.1. The van der Waals surface area contributed by atoms with Gasteiger partial charge < -0.3 is 29.4 Å². The van der Waals surface area contributed by atoms with Crippen molar-refractivity contribution in [3.05, 3.63) is 494 Å². The van der Waals surface area contributed by atoms with Crippen LogP contribution in [-0.2, 0) is 0 Å². The smallest absolute Gasteiger partial charge is 0.271 e. The molecule has 0 aliphatic heterocycles. The Hall–Kier alpha value is -16.9. The first kappa shape index (κ1) is 80.9. The van der Waals surface area contributed by atoms with Crippen LogP contribution in [0.5, 0.6) is 0 Å². The van der Waals surface area contributed by atoms with Crippen molar-refractivity contribution in [2.75, 3.05) is 50.5 Å². The van der Waals surface area contributed by atoms with E-state index in [1.165, 1.54) is 39.4 Å². The van der Waals surface area contributed by atoms with Gasteiger partial charge in [-0.15, -0.1) is 0 Å². The Morgan fingerprint density at radius 1 is 0.194 bits per heavy atom. The Labute approximate surface area is 725 Å². The number of nitro benzene ring substituents is 1. The molecule has 11 nitrogen and oxygen atoms in total. The topological polar surface area (TPSA) is 110 Å². The van der Waals surface area contributed by atoms with E-state index in [2.05, 4.69) is 388 Å². The molecule has 0 saturated heterocycles. The molecule has 0 atom stereocenters. The molecule has 596 valence electrons. The Morgan fingerprint density at radius 2 is 0.403 bits per heavy atom. The van der Waals surface area contributed by atoms with Gasteiger partial charge in [0.05, 0.1) is 28.2 Å². The van der Waals surface area contributed by atoms with E-state index in [0.717, 1.165) is 119 Å². The number of nitro groups is 1. The summed E-state index contributed by atoms with van der Waals surface area (Å²) in [5.74, 6) is 0. The van der Waals surface area contributed by atoms with Gasteiger partial charge in [0.25, 0.3) is 5.69 Å². The number of benzene rings is 18. The third-order valence-corrected chi connectivity index (χ3v) is 22.0. The molecule has 0 bridgehead atoms. The molecule has 0 aliphatic rings. The fourth-order valence-electron chi connectivity index (χ4n) is 15.3. The highest BCUT2D eigenvalue weighted by Crippen LogP contribution is 2.43. The minimum atomic E-state index is -0.372. The largest absolute Gasteiger partial charge is 0.345 e. The SMILES string of the molecule is CN(c1ccc(-c2ccc(N(c3ccccc3)c3cccc(-c4ccccc4)c3)cc2)cc1)c1cccc(C#N)c1.CN(c1ccc(-c2ccc(N(c3ccccc3)c3cccc(-c4ccccc4)c3)cc2)cc1)c1cccc([N+](=O)[O-])c1.CN(c1ccc(C#N)cc1)c1ccc(-c2ccc(N(c3ccccc3)c3cccc(-c4ccccc4)c3)cc2)cc1. The van der Waals surface area contributed by atoms with Gasteiger partial charge in [0.1, 0.15) is 0 Å². The van der Waals surface area contributed by atoms with E-state index >= 15 is 0 Å². The second-order valence-electron chi connectivity index (χ2n) is 29.8. The summed E-state index contributed by atoms with van der Waals surface area (Å²) >= 11 is 0. The van der Waals surface area contributed by atoms with Crippen molar-refractivity contribution in [1.29, 1.82) is 10.5 Å². The van der Waals surface area contributed by atoms with Crippen molar-refractivity contribution in [2.45, 2.75) is 0 Å². The quantitative estimate of drug-likeness (QED) is 0.0480. The summed E-state index contributed by atoms with van der Waals surface area (Å²) < 4.78 is 0. The Kier molecular flexibility index (Phi) is 25.2. The molecule has 0 spiro atoms. The van der Waals surface area contributed by atoms with Crippen LogP contribution in [0.1, 0.15) is 11.1 Å². The number of hydrogen-bond donors (Lipinski definition) is 0. The maximum atomic E-state index is 11.2. The Balaban J connectivity index is 0.000000137. The summed E-state index contributed by atoms with van der Waals surface area (Å²) in [6.45, 7) is 0. The Bertz CT molecular complexity index is 6660. The lowest BCUT2D eigenvalue weighted by Gasteiger charge is -2.26. The highest BCUT2D eigenvalue weighted by atomic mass is 16.6. The van der Waals surface area contributed by atoms with Crippen molar-refractivity contribution in [1.82, 2.24) is 0 Å². The maximum absolute atomic E-state index is 11.2. The number of nitrogens with zero attached hydrogens (tertiary/aromatic N) is 9. The van der Waals surface area contributed by atoms with Crippen LogP contribution in [-0.4, -0.2) is 26.1 Å². The first-order valence-electron chi connectivity index (χ1n) is 41.1. The average molecular weight is 1600 g/mol. The van der Waals surface area contributed by atoms with Crippen LogP contribution in [0, 0.1) is 32.8 Å². The molecule has 11 heteroatoms. The van der Waals surface area contributed by atoms with E-state index in [9.17, 15) is 15.4 Å². The van der Waals surface area contributed by atoms with Crippen LogP contribution in [0.15, 0.2) is 473 Å². The van der Waals surface area contributed by atoms with Crippen LogP contribution >= 0.6 is 0 Å². The van der Waals surface area contributed by atoms with Crippen LogP contribution in [0.3, 0.4) is 0 Å². The standard InChI is InChI=1S/2C38H29N3.C37H29N3O2/c1-40(37-16-8-10-29(26-37)28-39)34-22-18-31(19-23-34)32-20-24-36(25-21-32)41(35-14-6-3-7-15-35)38-17-9-13-33(27-38)30-11-4-2-5-12-30;1-40(34-21-15-29(28-39)16-22-34)35-23-17-31(18-24-35)32-19-25-37(26-20-32)41(36-12-6-3-7-13-36)38-14-8-11-33(27-38)30-9-4-2-5-10-30;1-38(35-15-9-17-37(27-35)40(41)42)32-22-18-29(19-23-32)30-20-24-34(25-21-30)39(33-13-6-3-7-14-33)36-16-8-12-31(26-36)28-10-4-2-5-11-28/h2*2-27H,1H3;2-27H,1H3. The molecule has 0 aliphatic carbocycles. The van der Waals surface area contributed by atoms with Crippen molar-refractivity contribution >= 4 is 91.0 Å². The van der Waals surface area contributed by atoms with E-state index in [1.807, 2.05) is 129 Å². The third-order valence-electron chi connectivity index (χ3n) is 22.0. The molecule has 0 heterocycles. The van der Waals surface area contributed by atoms with Gasteiger partial charge in [-0.1, -0.05) is 267 Å². The number of para-hydroxylation sites is 3. The van der Waals surface area contributed by atoms with Crippen LogP contribution in [0.25, 0.3) is 66.8 Å². The fourth-order valence-corrected chi connectivity index (χ4v) is 15.3. The van der Waals surface area contributed by atoms with Crippen molar-refractivity contribution in [3.8, 4) is 78.9 Å². The molecular formula is C113H87N9O2. The predicted molar refractivity (Wildman–Crippen MR) is 516 cm³/mol. The minimum Gasteiger partial charge on any atom is -0.345 e. The molecule has 0 saturated carbocycles. The van der Waals surface area contributed by atoms with Gasteiger partial charge in [-0.3, -0.25) is 10.1 Å². The van der Waals surface area contributed by atoms with Crippen molar-refractivity contribution in [3.63, 3.8) is 0 Å². The fraction of sp³-hybridized carbons (Fsp3) is 0.0265. The molecule has 18 aromatic rings. The van der Waals surface area contributed by atoms with E-state index in [0.29, 0.717) is 11.1 Å². The number of non-ortho nitro benzene ring substituents is 1. The molecule has 124 heavy (non-hydrogen) atoms. The molecule has 0 amide bonds. The summed E-state index contributed by atoms with van der Waals surface area (Å²) in [5.41, 5.74) is 31.1. The van der Waals surface area contributed by atoms with Gasteiger partial charge in [-0.05, 0) is 261 Å². The number of rotatable bonds is 22. The van der Waals surface area contributed by atoms with Crippen LogP contribution < -0.4 is 29.4 Å². The van der Waals surface area contributed by atoms with E-state index in [4.69, 9.17) is 5.26 Å². The number of nitriles is 2. The van der Waals surface area contributed by atoms with Gasteiger partial charge in [-0.2, -0.15) is 10.5 Å². The summed E-state index contributed by atoms with van der Waals surface area (Å²) in [5, 5.41) is 29.5. The monoisotopic (exact) mass is 1600 g/mol. The zero-order valence-electron chi connectivity index (χ0n) is 68.9. The van der Waals surface area contributed by atoms with Crippen molar-refractivity contribution < 1.29 is 4.92 Å². The Morgan fingerprint density at radius 3 is 0.694 bits per heavy atom. The van der Waals surface area contributed by atoms with E-state index < -0.39 is 0 Å². The molecule has 0 fully saturated rings. The highest BCUT2D eigenvalue weighted by molar-refractivity contribution is 5.86. The maximum Gasteiger partial charge on any atom is 0.271 e. The summed E-state index contributed by atoms with van der Waals surface area (Å²) in [7, 11) is 5.97. The lowest BCUT2D eigenvalue weighted by Crippen LogP contribution is -2.10.